The van der Waals surface area contributed by atoms with Gasteiger partial charge in [-0.05, 0) is 55.9 Å². The Bertz CT molecular complexity index is 2070. The average Bonchev–Trinajstić information content (AvgIpc) is 3.73. The predicted molar refractivity (Wildman–Crippen MR) is 238 cm³/mol. The lowest BCUT2D eigenvalue weighted by Crippen LogP contribution is -2.11. The molecule has 0 radical (unpaired) electrons. The van der Waals surface area contributed by atoms with Crippen LogP contribution in [0.15, 0.2) is 72.8 Å². The van der Waals surface area contributed by atoms with Crippen molar-refractivity contribution >= 4 is 76.6 Å². The molecule has 294 valence electrons. The molecule has 0 saturated carbocycles. The molecule has 0 bridgehead atoms. The Morgan fingerprint density at radius 1 is 0.357 bits per heavy atom. The molecule has 0 aliphatic carbocycles. The topological polar surface area (TPSA) is 52.6 Å². The van der Waals surface area contributed by atoms with E-state index in [-0.39, 0.29) is 11.9 Å². The van der Waals surface area contributed by atoms with E-state index in [9.17, 15) is 9.59 Å². The lowest BCUT2D eigenvalue weighted by atomic mass is 9.93. The van der Waals surface area contributed by atoms with Crippen molar-refractivity contribution in [1.82, 2.24) is 0 Å². The smallest absolute Gasteiger partial charge is 0.339 e. The maximum atomic E-state index is 14.7. The highest BCUT2D eigenvalue weighted by Gasteiger charge is 2.32. The van der Waals surface area contributed by atoms with Crippen LogP contribution in [0.4, 0.5) is 0 Å². The Morgan fingerprint density at radius 2 is 0.625 bits per heavy atom. The second-order valence-electron chi connectivity index (χ2n) is 16.3. The molecule has 0 spiro atoms. The number of unbranched alkanes of at least 4 members (excludes halogenated alkanes) is 18. The SMILES string of the molecule is CCCCCCCCCCCCOC(=O)c1c2c3cccc4cccc(c2c(C(=O)OCCCCCCCCCCCC)c2c5cccc6cccc(c12)c65)c43. The molecule has 0 N–H and O–H groups in total. The highest BCUT2D eigenvalue weighted by atomic mass is 16.5. The van der Waals surface area contributed by atoms with Crippen molar-refractivity contribution in [3.8, 4) is 0 Å². The summed E-state index contributed by atoms with van der Waals surface area (Å²) in [6.07, 6.45) is 24.4. The molecule has 0 amide bonds. The number of benzene rings is 5. The average molecular weight is 751 g/mol. The number of carbonyl (C=O) groups excluding carboxylic acids is 2. The first-order chi connectivity index (χ1) is 27.7. The first kappa shape index (κ1) is 39.8. The van der Waals surface area contributed by atoms with Gasteiger partial charge < -0.3 is 9.47 Å². The van der Waals surface area contributed by atoms with Gasteiger partial charge in [0, 0.05) is 21.5 Å². The van der Waals surface area contributed by atoms with Crippen molar-refractivity contribution in [2.24, 2.45) is 0 Å². The number of fused-ring (bicyclic) bond motifs is 6. The Hall–Kier alpha value is -4.44. The molecule has 4 nitrogen and oxygen atoms in total. The summed E-state index contributed by atoms with van der Waals surface area (Å²) in [5.41, 5.74) is 1.14. The van der Waals surface area contributed by atoms with E-state index in [2.05, 4.69) is 86.6 Å². The third kappa shape index (κ3) is 8.46. The van der Waals surface area contributed by atoms with Crippen LogP contribution in [-0.4, -0.2) is 25.2 Å². The van der Waals surface area contributed by atoms with Crippen LogP contribution in [0, 0.1) is 0 Å². The quantitative estimate of drug-likeness (QED) is 0.0456. The Labute approximate surface area is 334 Å². The van der Waals surface area contributed by atoms with Crippen LogP contribution in [0.25, 0.3) is 64.6 Å². The van der Waals surface area contributed by atoms with E-state index in [1.54, 1.807) is 0 Å². The molecule has 0 aliphatic rings. The van der Waals surface area contributed by atoms with Gasteiger partial charge in [-0.15, -0.1) is 0 Å². The van der Waals surface area contributed by atoms with Crippen LogP contribution in [-0.2, 0) is 9.47 Å². The van der Waals surface area contributed by atoms with Gasteiger partial charge in [0.05, 0.1) is 24.3 Å². The monoisotopic (exact) mass is 750 g/mol. The van der Waals surface area contributed by atoms with Crippen LogP contribution in [0.1, 0.15) is 163 Å². The maximum Gasteiger partial charge on any atom is 0.339 e. The van der Waals surface area contributed by atoms with E-state index in [0.29, 0.717) is 24.3 Å². The van der Waals surface area contributed by atoms with E-state index in [4.69, 9.17) is 9.47 Å². The van der Waals surface area contributed by atoms with Gasteiger partial charge in [0.15, 0.2) is 0 Å². The second kappa shape index (κ2) is 19.6. The number of rotatable bonds is 24. The van der Waals surface area contributed by atoms with Crippen molar-refractivity contribution in [2.45, 2.75) is 142 Å². The van der Waals surface area contributed by atoms with E-state index >= 15 is 0 Å². The highest BCUT2D eigenvalue weighted by Crippen LogP contribution is 2.50. The fraction of sp³-hybridized carbons (Fsp3) is 0.462. The molecule has 0 fully saturated rings. The van der Waals surface area contributed by atoms with Crippen LogP contribution >= 0.6 is 0 Å². The van der Waals surface area contributed by atoms with Crippen LogP contribution in [0.3, 0.4) is 0 Å². The summed E-state index contributed by atoms with van der Waals surface area (Å²) < 4.78 is 12.5. The second-order valence-corrected chi connectivity index (χ2v) is 16.3. The van der Waals surface area contributed by atoms with Crippen molar-refractivity contribution < 1.29 is 19.1 Å². The third-order valence-corrected chi connectivity index (χ3v) is 12.3. The van der Waals surface area contributed by atoms with Crippen LogP contribution in [0.2, 0.25) is 0 Å². The van der Waals surface area contributed by atoms with E-state index < -0.39 is 0 Å². The van der Waals surface area contributed by atoms with Gasteiger partial charge in [-0.3, -0.25) is 0 Å². The molecule has 0 aromatic heterocycles. The van der Waals surface area contributed by atoms with Crippen molar-refractivity contribution in [1.29, 1.82) is 0 Å². The summed E-state index contributed by atoms with van der Waals surface area (Å²) >= 11 is 0. The first-order valence-corrected chi connectivity index (χ1v) is 22.3. The minimum atomic E-state index is -0.312. The van der Waals surface area contributed by atoms with E-state index in [1.165, 1.54) is 103 Å². The fourth-order valence-electron chi connectivity index (χ4n) is 9.40. The van der Waals surface area contributed by atoms with Gasteiger partial charge in [-0.2, -0.15) is 0 Å². The minimum absolute atomic E-state index is 0.312. The Morgan fingerprint density at radius 3 is 0.911 bits per heavy atom. The molecule has 0 atom stereocenters. The summed E-state index contributed by atoms with van der Waals surface area (Å²) in [5.74, 6) is -0.623. The zero-order valence-corrected chi connectivity index (χ0v) is 34.1. The van der Waals surface area contributed by atoms with Crippen LogP contribution < -0.4 is 0 Å². The molecule has 7 aromatic rings. The summed E-state index contributed by atoms with van der Waals surface area (Å²) in [7, 11) is 0. The maximum absolute atomic E-state index is 14.7. The Kier molecular flexibility index (Phi) is 13.9. The number of hydrogen-bond donors (Lipinski definition) is 0. The van der Waals surface area contributed by atoms with E-state index in [1.807, 2.05) is 0 Å². The molecule has 7 rings (SSSR count). The minimum Gasteiger partial charge on any atom is -0.462 e. The molecule has 56 heavy (non-hydrogen) atoms. The fourth-order valence-corrected chi connectivity index (χ4v) is 9.40. The van der Waals surface area contributed by atoms with E-state index in [0.717, 1.165) is 90.3 Å². The zero-order valence-electron chi connectivity index (χ0n) is 34.1. The molecule has 4 heteroatoms. The highest BCUT2D eigenvalue weighted by molar-refractivity contribution is 6.46. The normalized spacial score (nSPS) is 12.0. The summed E-state index contributed by atoms with van der Waals surface area (Å²) in [5, 5.41) is 11.5. The Balaban J connectivity index is 1.20. The lowest BCUT2D eigenvalue weighted by Gasteiger charge is -2.14. The van der Waals surface area contributed by atoms with Gasteiger partial charge in [0.25, 0.3) is 0 Å². The molecule has 0 heterocycles. The molecular formula is C52H62O4. The van der Waals surface area contributed by atoms with Crippen molar-refractivity contribution in [3.63, 3.8) is 0 Å². The van der Waals surface area contributed by atoms with Gasteiger partial charge >= 0.3 is 11.9 Å². The molecular weight excluding hydrogens is 689 g/mol. The van der Waals surface area contributed by atoms with Gasteiger partial charge in [0.2, 0.25) is 0 Å². The van der Waals surface area contributed by atoms with Crippen LogP contribution in [0.5, 0.6) is 0 Å². The van der Waals surface area contributed by atoms with Crippen molar-refractivity contribution in [3.05, 3.63) is 83.9 Å². The number of hydrogen-bond acceptors (Lipinski definition) is 4. The van der Waals surface area contributed by atoms with Gasteiger partial charge in [-0.25, -0.2) is 9.59 Å². The number of carbonyl (C=O) groups is 2. The summed E-state index contributed by atoms with van der Waals surface area (Å²) in [4.78, 5) is 29.4. The predicted octanol–water partition coefficient (Wildman–Crippen LogP) is 15.6. The van der Waals surface area contributed by atoms with Gasteiger partial charge in [0.1, 0.15) is 0 Å². The molecule has 0 saturated heterocycles. The summed E-state index contributed by atoms with van der Waals surface area (Å²) in [6, 6.07) is 25.1. The first-order valence-electron chi connectivity index (χ1n) is 22.3. The largest absolute Gasteiger partial charge is 0.462 e. The molecule has 0 unspecified atom stereocenters. The molecule has 7 aromatic carbocycles. The lowest BCUT2D eigenvalue weighted by molar-refractivity contribution is 0.0490. The molecule has 0 aliphatic heterocycles. The number of ether oxygens (including phenoxy) is 2. The zero-order chi connectivity index (χ0) is 38.7. The number of esters is 2. The summed E-state index contributed by atoms with van der Waals surface area (Å²) in [6.45, 7) is 5.29. The standard InChI is InChI=1S/C52H62O4/c1-3-5-7-9-11-13-15-17-19-21-35-55-51(53)49-45-39-31-23-27-37-29-25-33-41(43(37)39)47(45)50(52(54)56-36-22-20-18-16-14-12-10-8-6-4-2)48-42-34-26-30-38-28-24-32-40(44(38)42)46(48)49/h23-34H,3-22,35-36H2,1-2H3. The van der Waals surface area contributed by atoms with Crippen molar-refractivity contribution in [2.75, 3.05) is 13.2 Å². The van der Waals surface area contributed by atoms with Gasteiger partial charge in [-0.1, -0.05) is 202 Å². The third-order valence-electron chi connectivity index (χ3n) is 12.3.